The van der Waals surface area contributed by atoms with Gasteiger partial charge < -0.3 is 20.7 Å². The second kappa shape index (κ2) is 10.6. The lowest BCUT2D eigenvalue weighted by Crippen LogP contribution is -2.40. The molecule has 2 aromatic carbocycles. The summed E-state index contributed by atoms with van der Waals surface area (Å²) in [6.45, 7) is 3.73. The average molecular weight is 448 g/mol. The molecule has 3 N–H and O–H groups in total. The number of benzene rings is 2. The van der Waals surface area contributed by atoms with Gasteiger partial charge in [0.15, 0.2) is 5.96 Å². The van der Waals surface area contributed by atoms with Crippen molar-refractivity contribution in [3.63, 3.8) is 0 Å². The molecule has 0 saturated carbocycles. The second-order valence-electron chi connectivity index (χ2n) is 7.68. The van der Waals surface area contributed by atoms with Gasteiger partial charge in [-0.1, -0.05) is 30.3 Å². The second-order valence-corrected chi connectivity index (χ2v) is 7.68. The molecule has 0 bridgehead atoms. The summed E-state index contributed by atoms with van der Waals surface area (Å²) in [5.41, 5.74) is 2.90. The molecule has 3 aromatic rings. The van der Waals surface area contributed by atoms with E-state index in [1.54, 1.807) is 24.4 Å². The fourth-order valence-electron chi connectivity index (χ4n) is 3.63. The Labute approximate surface area is 192 Å². The number of aliphatic imine (C=N–C) groups is 1. The smallest absolute Gasteiger partial charge is 0.225 e. The molecule has 1 aromatic heterocycles. The Kier molecular flexibility index (Phi) is 7.14. The minimum atomic E-state index is -0.362. The van der Waals surface area contributed by atoms with Gasteiger partial charge in [0.25, 0.3) is 0 Å². The SMILES string of the molecule is CCNC(=NCc1ccc(Oc2cccc(F)c2)nc1)NCC1CC(=O)Nc2ccccc21. The van der Waals surface area contributed by atoms with Gasteiger partial charge in [0.05, 0.1) is 6.54 Å². The number of carbonyl (C=O) groups excluding carboxylic acids is 1. The van der Waals surface area contributed by atoms with E-state index in [1.165, 1.54) is 12.1 Å². The van der Waals surface area contributed by atoms with Gasteiger partial charge in [0, 0.05) is 49.4 Å². The van der Waals surface area contributed by atoms with Crippen molar-refractivity contribution in [3.05, 3.63) is 83.8 Å². The van der Waals surface area contributed by atoms with Gasteiger partial charge in [-0.2, -0.15) is 0 Å². The highest BCUT2D eigenvalue weighted by molar-refractivity contribution is 5.94. The summed E-state index contributed by atoms with van der Waals surface area (Å²) in [6.07, 6.45) is 2.11. The molecular weight excluding hydrogens is 421 g/mol. The van der Waals surface area contributed by atoms with E-state index >= 15 is 0 Å². The Hall–Kier alpha value is -3.94. The fourth-order valence-corrected chi connectivity index (χ4v) is 3.63. The maximum absolute atomic E-state index is 13.3. The van der Waals surface area contributed by atoms with Crippen molar-refractivity contribution in [1.29, 1.82) is 0 Å². The van der Waals surface area contributed by atoms with Crippen molar-refractivity contribution < 1.29 is 13.9 Å². The fraction of sp³-hybridized carbons (Fsp3) is 0.240. The molecule has 1 unspecified atom stereocenters. The van der Waals surface area contributed by atoms with Gasteiger partial charge in [-0.15, -0.1) is 0 Å². The standard InChI is InChI=1S/C25H26FN5O2/c1-2-27-25(30-16-18-12-23(32)31-22-9-4-3-8-21(18)22)29-15-17-10-11-24(28-14-17)33-20-7-5-6-19(26)13-20/h3-11,13-14,18H,2,12,15-16H2,1H3,(H,31,32)(H2,27,29,30). The maximum atomic E-state index is 13.3. The van der Waals surface area contributed by atoms with E-state index < -0.39 is 0 Å². The Morgan fingerprint density at radius 1 is 1.18 bits per heavy atom. The zero-order chi connectivity index (χ0) is 23.0. The first-order chi connectivity index (χ1) is 16.1. The van der Waals surface area contributed by atoms with Gasteiger partial charge in [-0.25, -0.2) is 14.4 Å². The molecule has 0 radical (unpaired) electrons. The Morgan fingerprint density at radius 2 is 2.06 bits per heavy atom. The molecule has 8 heteroatoms. The first-order valence-corrected chi connectivity index (χ1v) is 10.9. The Bertz CT molecular complexity index is 1130. The van der Waals surface area contributed by atoms with Crippen LogP contribution in [0.2, 0.25) is 0 Å². The topological polar surface area (TPSA) is 87.6 Å². The van der Waals surface area contributed by atoms with Crippen molar-refractivity contribution in [2.75, 3.05) is 18.4 Å². The number of fused-ring (bicyclic) bond motifs is 1. The van der Waals surface area contributed by atoms with Gasteiger partial charge in [0.1, 0.15) is 11.6 Å². The molecule has 4 rings (SSSR count). The quantitative estimate of drug-likeness (QED) is 0.373. The van der Waals surface area contributed by atoms with Crippen LogP contribution in [0.25, 0.3) is 0 Å². The molecule has 0 spiro atoms. The number of nitrogens with one attached hydrogen (secondary N) is 3. The van der Waals surface area contributed by atoms with E-state index in [1.807, 2.05) is 37.3 Å². The highest BCUT2D eigenvalue weighted by Crippen LogP contribution is 2.31. The van der Waals surface area contributed by atoms with Crippen molar-refractivity contribution in [2.45, 2.75) is 25.8 Å². The summed E-state index contributed by atoms with van der Waals surface area (Å²) < 4.78 is 18.9. The lowest BCUT2D eigenvalue weighted by Gasteiger charge is -2.26. The third-order valence-electron chi connectivity index (χ3n) is 5.20. The number of anilines is 1. The summed E-state index contributed by atoms with van der Waals surface area (Å²) >= 11 is 0. The normalized spacial score (nSPS) is 15.4. The molecule has 7 nitrogen and oxygen atoms in total. The average Bonchev–Trinajstić information content (AvgIpc) is 2.81. The molecule has 33 heavy (non-hydrogen) atoms. The zero-order valence-electron chi connectivity index (χ0n) is 18.3. The molecular formula is C25H26FN5O2. The lowest BCUT2D eigenvalue weighted by atomic mass is 9.90. The number of pyridine rings is 1. The summed E-state index contributed by atoms with van der Waals surface area (Å²) in [5.74, 6) is 1.17. The maximum Gasteiger partial charge on any atom is 0.225 e. The van der Waals surface area contributed by atoms with Crippen molar-refractivity contribution >= 4 is 17.6 Å². The molecule has 0 saturated heterocycles. The molecule has 1 amide bonds. The number of amides is 1. The lowest BCUT2D eigenvalue weighted by molar-refractivity contribution is -0.116. The summed E-state index contributed by atoms with van der Waals surface area (Å²) in [7, 11) is 0. The first kappa shape index (κ1) is 22.3. The highest BCUT2D eigenvalue weighted by atomic mass is 19.1. The number of halogens is 1. The van der Waals surface area contributed by atoms with Crippen LogP contribution in [0.4, 0.5) is 10.1 Å². The molecule has 1 atom stereocenters. The largest absolute Gasteiger partial charge is 0.439 e. The molecule has 1 aliphatic rings. The van der Waals surface area contributed by atoms with Crippen LogP contribution >= 0.6 is 0 Å². The number of para-hydroxylation sites is 1. The number of guanidine groups is 1. The van der Waals surface area contributed by atoms with Crippen LogP contribution in [0.5, 0.6) is 11.6 Å². The molecule has 2 heterocycles. The summed E-state index contributed by atoms with van der Waals surface area (Å²) in [6, 6.07) is 17.4. The van der Waals surface area contributed by atoms with Gasteiger partial charge >= 0.3 is 0 Å². The van der Waals surface area contributed by atoms with E-state index in [0.717, 1.165) is 16.8 Å². The predicted molar refractivity (Wildman–Crippen MR) is 126 cm³/mol. The van der Waals surface area contributed by atoms with E-state index in [-0.39, 0.29) is 17.6 Å². The molecule has 0 aliphatic carbocycles. The Balaban J connectivity index is 1.37. The number of hydrogen-bond donors (Lipinski definition) is 3. The number of ether oxygens (including phenoxy) is 1. The van der Waals surface area contributed by atoms with Crippen LogP contribution in [0.1, 0.15) is 30.4 Å². The van der Waals surface area contributed by atoms with Gasteiger partial charge in [0.2, 0.25) is 11.8 Å². The third-order valence-corrected chi connectivity index (χ3v) is 5.20. The highest BCUT2D eigenvalue weighted by Gasteiger charge is 2.24. The van der Waals surface area contributed by atoms with Crippen LogP contribution < -0.4 is 20.7 Å². The number of nitrogens with zero attached hydrogens (tertiary/aromatic N) is 2. The van der Waals surface area contributed by atoms with E-state index in [0.29, 0.717) is 43.6 Å². The monoisotopic (exact) mass is 447 g/mol. The third kappa shape index (κ3) is 6.06. The summed E-state index contributed by atoms with van der Waals surface area (Å²) in [5, 5.41) is 9.51. The van der Waals surface area contributed by atoms with Crippen LogP contribution in [-0.2, 0) is 11.3 Å². The van der Waals surface area contributed by atoms with Crippen LogP contribution in [0, 0.1) is 5.82 Å². The molecule has 0 fully saturated rings. The van der Waals surface area contributed by atoms with Crippen molar-refractivity contribution in [2.24, 2.45) is 4.99 Å². The minimum Gasteiger partial charge on any atom is -0.439 e. The van der Waals surface area contributed by atoms with E-state index in [9.17, 15) is 9.18 Å². The molecule has 1 aliphatic heterocycles. The molecule has 170 valence electrons. The van der Waals surface area contributed by atoms with Crippen molar-refractivity contribution in [1.82, 2.24) is 15.6 Å². The first-order valence-electron chi connectivity index (χ1n) is 10.9. The van der Waals surface area contributed by atoms with Crippen molar-refractivity contribution in [3.8, 4) is 11.6 Å². The van der Waals surface area contributed by atoms with Crippen LogP contribution in [0.3, 0.4) is 0 Å². The van der Waals surface area contributed by atoms with Gasteiger partial charge in [-0.05, 0) is 36.2 Å². The van der Waals surface area contributed by atoms with Crippen LogP contribution in [-0.4, -0.2) is 29.9 Å². The Morgan fingerprint density at radius 3 is 2.85 bits per heavy atom. The van der Waals surface area contributed by atoms with Gasteiger partial charge in [-0.3, -0.25) is 4.79 Å². The predicted octanol–water partition coefficient (Wildman–Crippen LogP) is 4.19. The number of hydrogen-bond acceptors (Lipinski definition) is 4. The van der Waals surface area contributed by atoms with E-state index in [2.05, 4.69) is 25.9 Å². The number of carbonyl (C=O) groups is 1. The number of rotatable bonds is 7. The minimum absolute atomic E-state index is 0.0223. The van der Waals surface area contributed by atoms with E-state index in [4.69, 9.17) is 4.74 Å². The number of aromatic nitrogens is 1. The summed E-state index contributed by atoms with van der Waals surface area (Å²) in [4.78, 5) is 21.0. The van der Waals surface area contributed by atoms with Crippen LogP contribution in [0.15, 0.2) is 71.9 Å². The zero-order valence-corrected chi connectivity index (χ0v) is 18.3.